The highest BCUT2D eigenvalue weighted by molar-refractivity contribution is 5.88. The van der Waals surface area contributed by atoms with E-state index in [2.05, 4.69) is 0 Å². The second kappa shape index (κ2) is 7.54. The van der Waals surface area contributed by atoms with Gasteiger partial charge in [0, 0.05) is 14.1 Å². The van der Waals surface area contributed by atoms with E-state index in [1.165, 1.54) is 5.01 Å². The van der Waals surface area contributed by atoms with Crippen molar-refractivity contribution < 1.29 is 34.8 Å². The molecular weight excluding hydrogens is 236 g/mol. The first-order valence-corrected chi connectivity index (χ1v) is 4.32. The summed E-state index contributed by atoms with van der Waals surface area (Å²) in [5, 5.41) is 35.3. The lowest BCUT2D eigenvalue weighted by molar-refractivity contribution is -0.170. The van der Waals surface area contributed by atoms with Crippen LogP contribution in [0.25, 0.3) is 0 Å². The molecule has 6 N–H and O–H groups in total. The number of nitrogens with zero attached hydrogens (tertiary/aromatic N) is 1. The third-order valence-corrected chi connectivity index (χ3v) is 1.29. The van der Waals surface area contributed by atoms with Crippen LogP contribution in [-0.4, -0.2) is 63.0 Å². The van der Waals surface area contributed by atoms with Crippen LogP contribution in [0.2, 0.25) is 0 Å². The fourth-order valence-corrected chi connectivity index (χ4v) is 0.714. The Balaban J connectivity index is 0. The summed E-state index contributed by atoms with van der Waals surface area (Å²) in [6.07, 6.45) is -2.29. The largest absolute Gasteiger partial charge is 0.481 e. The highest BCUT2D eigenvalue weighted by Crippen LogP contribution is 2.15. The van der Waals surface area contributed by atoms with Crippen LogP contribution >= 0.6 is 0 Å². The van der Waals surface area contributed by atoms with Crippen LogP contribution in [0.5, 0.6) is 0 Å². The van der Waals surface area contributed by atoms with Gasteiger partial charge in [-0.2, -0.15) is 0 Å². The van der Waals surface area contributed by atoms with Crippen molar-refractivity contribution in [1.29, 1.82) is 0 Å². The molecule has 0 aliphatic carbocycles. The molecule has 0 fully saturated rings. The Morgan fingerprint density at radius 3 is 1.41 bits per heavy atom. The van der Waals surface area contributed by atoms with Gasteiger partial charge in [-0.05, 0) is 0 Å². The summed E-state index contributed by atoms with van der Waals surface area (Å²) < 4.78 is 0. The highest BCUT2D eigenvalue weighted by atomic mass is 16.4. The van der Waals surface area contributed by atoms with Crippen LogP contribution in [0.1, 0.15) is 12.8 Å². The molecular formula is C8H16N2O7. The Bertz CT molecular complexity index is 271. The average Bonchev–Trinajstić information content (AvgIpc) is 1.98. The van der Waals surface area contributed by atoms with Gasteiger partial charge >= 0.3 is 17.9 Å². The van der Waals surface area contributed by atoms with Gasteiger partial charge in [0.05, 0.1) is 12.8 Å². The summed E-state index contributed by atoms with van der Waals surface area (Å²) in [7, 11) is 3.56. The van der Waals surface area contributed by atoms with Crippen molar-refractivity contribution in [2.24, 2.45) is 5.84 Å². The third kappa shape index (κ3) is 10.6. The average molecular weight is 252 g/mol. The molecule has 0 spiro atoms. The molecule has 0 aromatic heterocycles. The van der Waals surface area contributed by atoms with Gasteiger partial charge in [-0.15, -0.1) is 0 Å². The number of carboxylic acid groups (broad SMARTS) is 3. The van der Waals surface area contributed by atoms with Gasteiger partial charge in [0.25, 0.3) is 0 Å². The quantitative estimate of drug-likeness (QED) is 0.280. The predicted molar refractivity (Wildman–Crippen MR) is 55.0 cm³/mol. The molecule has 0 atom stereocenters. The molecule has 0 aromatic rings. The molecule has 0 rings (SSSR count). The number of carbonyl (C=O) groups is 3. The fraction of sp³-hybridized carbons (Fsp3) is 0.625. The van der Waals surface area contributed by atoms with E-state index in [1.807, 2.05) is 0 Å². The minimum absolute atomic E-state index is 1.14. The fourth-order valence-electron chi connectivity index (χ4n) is 0.714. The second-order valence-corrected chi connectivity index (χ2v) is 3.44. The maximum absolute atomic E-state index is 10.3. The van der Waals surface area contributed by atoms with E-state index >= 15 is 0 Å². The number of hydrogen-bond donors (Lipinski definition) is 5. The lowest BCUT2D eigenvalue weighted by Gasteiger charge is -2.18. The minimum atomic E-state index is -2.74. The highest BCUT2D eigenvalue weighted by Gasteiger charge is 2.40. The summed E-state index contributed by atoms with van der Waals surface area (Å²) in [6.45, 7) is 0. The Kier molecular flexibility index (Phi) is 7.85. The SMILES string of the molecule is CN(C)N.O=C(O)CC(O)(CC(=O)O)C(=O)O. The maximum atomic E-state index is 10.3. The molecule has 0 aliphatic rings. The molecule has 0 amide bonds. The van der Waals surface area contributed by atoms with Crippen LogP contribution in [0.3, 0.4) is 0 Å². The molecule has 9 heteroatoms. The minimum Gasteiger partial charge on any atom is -0.481 e. The Hall–Kier alpha value is -1.71. The molecule has 0 radical (unpaired) electrons. The molecule has 0 saturated carbocycles. The van der Waals surface area contributed by atoms with E-state index < -0.39 is 36.4 Å². The van der Waals surface area contributed by atoms with Crippen LogP contribution in [0, 0.1) is 0 Å². The van der Waals surface area contributed by atoms with E-state index in [9.17, 15) is 14.4 Å². The molecule has 100 valence electrons. The van der Waals surface area contributed by atoms with Crippen molar-refractivity contribution in [3.63, 3.8) is 0 Å². The smallest absolute Gasteiger partial charge is 0.336 e. The second-order valence-electron chi connectivity index (χ2n) is 3.44. The summed E-state index contributed by atoms with van der Waals surface area (Å²) >= 11 is 0. The van der Waals surface area contributed by atoms with E-state index in [-0.39, 0.29) is 0 Å². The summed E-state index contributed by atoms with van der Waals surface area (Å²) in [6, 6.07) is 0. The molecule has 0 heterocycles. The molecule has 0 saturated heterocycles. The van der Waals surface area contributed by atoms with E-state index in [0.29, 0.717) is 0 Å². The van der Waals surface area contributed by atoms with Crippen molar-refractivity contribution in [2.75, 3.05) is 14.1 Å². The van der Waals surface area contributed by atoms with Crippen LogP contribution < -0.4 is 5.84 Å². The van der Waals surface area contributed by atoms with E-state index in [0.717, 1.165) is 0 Å². The molecule has 0 aromatic carbocycles. The number of hydrogen-bond acceptors (Lipinski definition) is 6. The van der Waals surface area contributed by atoms with Gasteiger partial charge in [-0.3, -0.25) is 20.4 Å². The Morgan fingerprint density at radius 2 is 1.29 bits per heavy atom. The van der Waals surface area contributed by atoms with Crippen LogP contribution in [0.4, 0.5) is 0 Å². The Morgan fingerprint density at radius 1 is 1.06 bits per heavy atom. The standard InChI is InChI=1S/C6H8O7.C2H8N2/c7-3(8)1-6(13,5(11)12)2-4(9)10;1-4(2)3/h13H,1-2H2,(H,7,8)(H,9,10)(H,11,12);3H2,1-2H3. The first-order valence-electron chi connectivity index (χ1n) is 4.32. The number of aliphatic hydroxyl groups is 1. The molecule has 0 aliphatic heterocycles. The topological polar surface area (TPSA) is 161 Å². The molecule has 17 heavy (non-hydrogen) atoms. The van der Waals surface area contributed by atoms with Crippen LogP contribution in [0.15, 0.2) is 0 Å². The lowest BCUT2D eigenvalue weighted by Crippen LogP contribution is -2.42. The van der Waals surface area contributed by atoms with Gasteiger partial charge < -0.3 is 20.4 Å². The van der Waals surface area contributed by atoms with Crippen molar-refractivity contribution in [2.45, 2.75) is 18.4 Å². The normalized spacial score (nSPS) is 10.4. The lowest BCUT2D eigenvalue weighted by atomic mass is 9.96. The summed E-state index contributed by atoms with van der Waals surface area (Å²) in [4.78, 5) is 30.5. The molecule has 0 unspecified atom stereocenters. The van der Waals surface area contributed by atoms with Crippen LogP contribution in [-0.2, 0) is 14.4 Å². The monoisotopic (exact) mass is 252 g/mol. The zero-order valence-electron chi connectivity index (χ0n) is 9.45. The molecule has 9 nitrogen and oxygen atoms in total. The number of rotatable bonds is 5. The van der Waals surface area contributed by atoms with Gasteiger partial charge in [0.2, 0.25) is 0 Å². The predicted octanol–water partition coefficient (Wildman–Crippen LogP) is -1.83. The third-order valence-electron chi connectivity index (χ3n) is 1.29. The molecule has 0 bridgehead atoms. The number of aliphatic carboxylic acids is 3. The first-order chi connectivity index (χ1) is 7.51. The summed E-state index contributed by atoms with van der Waals surface area (Å²) in [5.74, 6) is -0.0744. The number of carboxylic acids is 3. The van der Waals surface area contributed by atoms with E-state index in [1.54, 1.807) is 14.1 Å². The van der Waals surface area contributed by atoms with Gasteiger partial charge in [-0.25, -0.2) is 4.79 Å². The van der Waals surface area contributed by atoms with Crippen molar-refractivity contribution >= 4 is 17.9 Å². The van der Waals surface area contributed by atoms with Crippen molar-refractivity contribution in [3.05, 3.63) is 0 Å². The van der Waals surface area contributed by atoms with Crippen molar-refractivity contribution in [3.8, 4) is 0 Å². The number of hydrazine groups is 1. The zero-order chi connectivity index (χ0) is 14.2. The van der Waals surface area contributed by atoms with E-state index in [4.69, 9.17) is 26.3 Å². The van der Waals surface area contributed by atoms with Gasteiger partial charge in [0.1, 0.15) is 0 Å². The van der Waals surface area contributed by atoms with Gasteiger partial charge in [-0.1, -0.05) is 0 Å². The van der Waals surface area contributed by atoms with Crippen molar-refractivity contribution in [1.82, 2.24) is 5.01 Å². The Labute approximate surface area is 97.0 Å². The maximum Gasteiger partial charge on any atom is 0.336 e. The number of nitrogens with two attached hydrogens (primary N) is 1. The summed E-state index contributed by atoms with van der Waals surface area (Å²) in [5.41, 5.74) is -2.74. The first kappa shape index (κ1) is 17.7. The zero-order valence-corrected chi connectivity index (χ0v) is 9.45. The van der Waals surface area contributed by atoms with Gasteiger partial charge in [0.15, 0.2) is 5.60 Å².